The van der Waals surface area contributed by atoms with E-state index in [-0.39, 0.29) is 5.78 Å². The van der Waals surface area contributed by atoms with Crippen molar-refractivity contribution < 1.29 is 9.00 Å². The third kappa shape index (κ3) is 4.57. The van der Waals surface area contributed by atoms with Crippen LogP contribution in [0.15, 0.2) is 40.1 Å². The highest BCUT2D eigenvalue weighted by Crippen LogP contribution is 2.12. The van der Waals surface area contributed by atoms with E-state index in [4.69, 9.17) is 0 Å². The molecule has 0 saturated heterocycles. The van der Waals surface area contributed by atoms with Crippen LogP contribution in [0, 0.1) is 6.92 Å². The van der Waals surface area contributed by atoms with Crippen molar-refractivity contribution in [2.24, 2.45) is 0 Å². The van der Waals surface area contributed by atoms with Crippen LogP contribution in [-0.2, 0) is 15.6 Å². The lowest BCUT2D eigenvalue weighted by atomic mass is 10.1. The minimum atomic E-state index is -1.23. The van der Waals surface area contributed by atoms with Crippen molar-refractivity contribution in [1.29, 1.82) is 0 Å². The van der Waals surface area contributed by atoms with Gasteiger partial charge in [0, 0.05) is 22.3 Å². The molecule has 0 aliphatic rings. The maximum absolute atomic E-state index is 12.0. The number of unbranched alkanes of at least 4 members (excludes halogenated alkanes) is 1. The summed E-state index contributed by atoms with van der Waals surface area (Å²) in [5, 5.41) is 1.56. The van der Waals surface area contributed by atoms with Gasteiger partial charge in [0.2, 0.25) is 0 Å². The molecule has 1 atom stereocenters. The molecule has 1 aromatic carbocycles. The van der Waals surface area contributed by atoms with E-state index in [1.165, 1.54) is 0 Å². The minimum Gasteiger partial charge on any atom is -0.295 e. The van der Waals surface area contributed by atoms with Gasteiger partial charge < -0.3 is 0 Å². The third-order valence-electron chi connectivity index (χ3n) is 2.73. The van der Waals surface area contributed by atoms with Crippen LogP contribution in [0.5, 0.6) is 0 Å². The zero-order chi connectivity index (χ0) is 13.5. The van der Waals surface area contributed by atoms with E-state index in [1.807, 2.05) is 31.2 Å². The van der Waals surface area contributed by atoms with E-state index in [2.05, 4.69) is 6.92 Å². The van der Waals surface area contributed by atoms with Gasteiger partial charge in [-0.1, -0.05) is 31.0 Å². The summed E-state index contributed by atoms with van der Waals surface area (Å²) in [5.74, 6) is 0.0947. The fourth-order valence-electron chi connectivity index (χ4n) is 1.50. The largest absolute Gasteiger partial charge is 0.295 e. The molecule has 0 spiro atoms. The molecule has 0 heterocycles. The van der Waals surface area contributed by atoms with Crippen molar-refractivity contribution in [3.05, 3.63) is 40.8 Å². The summed E-state index contributed by atoms with van der Waals surface area (Å²) in [5.41, 5.74) is 1.73. The Bertz CT molecular complexity index is 458. The van der Waals surface area contributed by atoms with Crippen molar-refractivity contribution in [1.82, 2.24) is 0 Å². The highest BCUT2D eigenvalue weighted by Gasteiger charge is 2.07. The molecule has 3 heteroatoms. The molecule has 1 aromatic rings. The quantitative estimate of drug-likeness (QED) is 0.733. The number of hydrogen-bond donors (Lipinski definition) is 0. The predicted octanol–water partition coefficient (Wildman–Crippen LogP) is 3.77. The van der Waals surface area contributed by atoms with Crippen LogP contribution in [0.1, 0.15) is 38.7 Å². The van der Waals surface area contributed by atoms with Gasteiger partial charge >= 0.3 is 0 Å². The number of Topliss-reactive ketones (excluding diaryl/α,β-unsaturated/α-hetero) is 1. The van der Waals surface area contributed by atoms with Crippen molar-refractivity contribution >= 4 is 16.6 Å². The fraction of sp³-hybridized carbons (Fsp3) is 0.400. The van der Waals surface area contributed by atoms with Gasteiger partial charge in [0.15, 0.2) is 5.78 Å². The SMILES string of the molecule is CCCCC(=O)/C(C)=C\[S@@](=O)c1ccc(C)cc1. The van der Waals surface area contributed by atoms with Gasteiger partial charge in [-0.2, -0.15) is 0 Å². The first-order valence-electron chi connectivity index (χ1n) is 6.23. The Labute approximate surface area is 112 Å². The van der Waals surface area contributed by atoms with E-state index in [9.17, 15) is 9.00 Å². The topological polar surface area (TPSA) is 34.1 Å². The maximum Gasteiger partial charge on any atom is 0.159 e. The van der Waals surface area contributed by atoms with Crippen LogP contribution in [0.25, 0.3) is 0 Å². The fourth-order valence-corrected chi connectivity index (χ4v) is 2.49. The number of ketones is 1. The lowest BCUT2D eigenvalue weighted by Gasteiger charge is -2.01. The minimum absolute atomic E-state index is 0.0947. The van der Waals surface area contributed by atoms with Crippen LogP contribution < -0.4 is 0 Å². The molecule has 18 heavy (non-hydrogen) atoms. The van der Waals surface area contributed by atoms with Gasteiger partial charge in [0.05, 0.1) is 10.8 Å². The average Bonchev–Trinajstić information content (AvgIpc) is 2.36. The van der Waals surface area contributed by atoms with E-state index in [0.717, 1.165) is 23.3 Å². The molecule has 0 radical (unpaired) electrons. The molecule has 2 nitrogen and oxygen atoms in total. The van der Waals surface area contributed by atoms with Gasteiger partial charge in [-0.3, -0.25) is 4.79 Å². The highest BCUT2D eigenvalue weighted by atomic mass is 32.2. The van der Waals surface area contributed by atoms with Crippen molar-refractivity contribution in [2.75, 3.05) is 0 Å². The third-order valence-corrected chi connectivity index (χ3v) is 4.04. The second-order valence-corrected chi connectivity index (χ2v) is 5.74. The van der Waals surface area contributed by atoms with Crippen molar-refractivity contribution in [3.8, 4) is 0 Å². The summed E-state index contributed by atoms with van der Waals surface area (Å²) in [6.07, 6.45) is 2.44. The van der Waals surface area contributed by atoms with E-state index >= 15 is 0 Å². The summed E-state index contributed by atoms with van der Waals surface area (Å²) in [6.45, 7) is 5.78. The number of hydrogen-bond acceptors (Lipinski definition) is 2. The molecule has 0 amide bonds. The average molecular weight is 264 g/mol. The molecule has 0 bridgehead atoms. The number of carbonyl (C=O) groups excluding carboxylic acids is 1. The molecule has 0 N–H and O–H groups in total. The van der Waals surface area contributed by atoms with Gasteiger partial charge in [0.1, 0.15) is 0 Å². The lowest BCUT2D eigenvalue weighted by Crippen LogP contribution is -2.00. The van der Waals surface area contributed by atoms with Crippen molar-refractivity contribution in [3.63, 3.8) is 0 Å². The zero-order valence-corrected chi connectivity index (χ0v) is 12.0. The molecule has 98 valence electrons. The number of allylic oxidation sites excluding steroid dienone is 1. The lowest BCUT2D eigenvalue weighted by molar-refractivity contribution is -0.115. The van der Waals surface area contributed by atoms with Crippen LogP contribution in [0.4, 0.5) is 0 Å². The molecule has 0 unspecified atom stereocenters. The van der Waals surface area contributed by atoms with Gasteiger partial charge in [0.25, 0.3) is 0 Å². The number of aryl methyl sites for hydroxylation is 1. The van der Waals surface area contributed by atoms with E-state index in [1.54, 1.807) is 12.3 Å². The molecule has 0 fully saturated rings. The summed E-state index contributed by atoms with van der Waals surface area (Å²) in [6, 6.07) is 7.53. The normalized spacial score (nSPS) is 13.4. The van der Waals surface area contributed by atoms with Crippen LogP contribution in [-0.4, -0.2) is 9.99 Å². The Morgan fingerprint density at radius 1 is 1.28 bits per heavy atom. The Hall–Kier alpha value is -1.22. The Balaban J connectivity index is 2.73. The van der Waals surface area contributed by atoms with Gasteiger partial charge in [-0.25, -0.2) is 4.21 Å². The zero-order valence-electron chi connectivity index (χ0n) is 11.2. The number of rotatable bonds is 6. The molecular weight excluding hydrogens is 244 g/mol. The number of carbonyl (C=O) groups is 1. The molecular formula is C15H20O2S. The van der Waals surface area contributed by atoms with Crippen molar-refractivity contribution in [2.45, 2.75) is 44.9 Å². The first-order valence-corrected chi connectivity index (χ1v) is 7.44. The molecule has 1 rings (SSSR count). The summed E-state index contributed by atoms with van der Waals surface area (Å²) < 4.78 is 12.0. The predicted molar refractivity (Wildman–Crippen MR) is 75.9 cm³/mol. The number of benzene rings is 1. The Morgan fingerprint density at radius 2 is 1.89 bits per heavy atom. The van der Waals surface area contributed by atoms with E-state index in [0.29, 0.717) is 12.0 Å². The smallest absolute Gasteiger partial charge is 0.159 e. The van der Waals surface area contributed by atoms with Gasteiger partial charge in [-0.05, 0) is 32.4 Å². The molecule has 0 saturated carbocycles. The van der Waals surface area contributed by atoms with Crippen LogP contribution in [0.2, 0.25) is 0 Å². The molecule has 0 aromatic heterocycles. The summed E-state index contributed by atoms with van der Waals surface area (Å²) >= 11 is 0. The Morgan fingerprint density at radius 3 is 2.44 bits per heavy atom. The maximum atomic E-state index is 12.0. The monoisotopic (exact) mass is 264 g/mol. The standard InChI is InChI=1S/C15H20O2S/c1-4-5-6-15(16)13(3)11-18(17)14-9-7-12(2)8-10-14/h7-11H,4-6H2,1-3H3/b13-11-/t18-/m1/s1. The second-order valence-electron chi connectivity index (χ2n) is 4.44. The second kappa shape index (κ2) is 7.27. The Kier molecular flexibility index (Phi) is 5.99. The first-order chi connectivity index (χ1) is 8.54. The highest BCUT2D eigenvalue weighted by molar-refractivity contribution is 7.88. The van der Waals surface area contributed by atoms with Gasteiger partial charge in [-0.15, -0.1) is 0 Å². The molecule has 0 aliphatic heterocycles. The van der Waals surface area contributed by atoms with E-state index < -0.39 is 10.8 Å². The summed E-state index contributed by atoms with van der Waals surface area (Å²) in [4.78, 5) is 12.5. The summed E-state index contributed by atoms with van der Waals surface area (Å²) in [7, 11) is -1.23. The van der Waals surface area contributed by atoms with Crippen LogP contribution in [0.3, 0.4) is 0 Å². The molecule has 0 aliphatic carbocycles. The van der Waals surface area contributed by atoms with Crippen LogP contribution >= 0.6 is 0 Å². The first kappa shape index (κ1) is 14.8.